The Hall–Kier alpha value is -2.04. The largest absolute Gasteiger partial charge is 0.493 e. The van der Waals surface area contributed by atoms with E-state index in [0.29, 0.717) is 25.6 Å². The Balaban J connectivity index is 2.05. The van der Waals surface area contributed by atoms with Gasteiger partial charge in [0.1, 0.15) is 5.82 Å². The summed E-state index contributed by atoms with van der Waals surface area (Å²) in [6.07, 6.45) is -4.94. The Kier molecular flexibility index (Phi) is 6.73. The summed E-state index contributed by atoms with van der Waals surface area (Å²) in [5, 5.41) is 6.77. The predicted molar refractivity (Wildman–Crippen MR) is 103 cm³/mol. The average molecular weight is 551 g/mol. The second-order valence-corrected chi connectivity index (χ2v) is 9.35. The molecule has 0 saturated carbocycles. The predicted octanol–water partition coefficient (Wildman–Crippen LogP) is 3.17. The highest BCUT2D eigenvalue weighted by Gasteiger charge is 2.46. The van der Waals surface area contributed by atoms with E-state index in [0.717, 1.165) is 22.2 Å². The van der Waals surface area contributed by atoms with Gasteiger partial charge in [0.25, 0.3) is 0 Å². The molecule has 0 aliphatic carbocycles. The van der Waals surface area contributed by atoms with Crippen molar-refractivity contribution in [2.45, 2.75) is 23.5 Å². The van der Waals surface area contributed by atoms with Crippen molar-refractivity contribution >= 4 is 54.8 Å². The van der Waals surface area contributed by atoms with E-state index in [2.05, 4.69) is 36.4 Å². The molecule has 8 nitrogen and oxygen atoms in total. The minimum Gasteiger partial charge on any atom is -0.380 e. The maximum Gasteiger partial charge on any atom is 0.493 e. The highest BCUT2D eigenvalue weighted by molar-refractivity contribution is 9.10. The van der Waals surface area contributed by atoms with Crippen LogP contribution < -0.4 is 15.1 Å². The number of carbonyl (C=O) groups is 1. The Morgan fingerprint density at radius 1 is 1.39 bits per heavy atom. The van der Waals surface area contributed by atoms with Gasteiger partial charge >= 0.3 is 22.2 Å². The summed E-state index contributed by atoms with van der Waals surface area (Å²) in [6, 6.07) is 0.486. The highest BCUT2D eigenvalue weighted by Crippen LogP contribution is 2.36. The molecule has 3 rings (SSSR count). The van der Waals surface area contributed by atoms with Crippen LogP contribution in [-0.4, -0.2) is 44.7 Å². The molecular formula is C15H12BrF5N4O4S2. The Bertz CT molecular complexity index is 1080. The van der Waals surface area contributed by atoms with Crippen LogP contribution in [0, 0.1) is 11.6 Å². The molecule has 2 heterocycles. The number of halogens is 6. The Labute approximate surface area is 184 Å². The highest BCUT2D eigenvalue weighted by atomic mass is 79.9. The van der Waals surface area contributed by atoms with E-state index in [9.17, 15) is 35.2 Å². The van der Waals surface area contributed by atoms with Crippen molar-refractivity contribution in [3.8, 4) is 0 Å². The SMILES string of the molecule is O=C(ON(c1cscn1)S(=O)(=O)c1c(F)cc(N[C@H]2CCNC2)c(Br)c1F)C(F)(F)F. The second kappa shape index (κ2) is 8.84. The van der Waals surface area contributed by atoms with Crippen LogP contribution in [0.5, 0.6) is 0 Å². The first-order valence-corrected chi connectivity index (χ1v) is 11.5. The number of thiazole rings is 1. The fourth-order valence-electron chi connectivity index (χ4n) is 2.64. The smallest absolute Gasteiger partial charge is 0.380 e. The second-order valence-electron chi connectivity index (χ2n) is 6.15. The molecule has 2 aromatic rings. The number of benzene rings is 1. The fraction of sp³-hybridized carbons (Fsp3) is 0.333. The van der Waals surface area contributed by atoms with E-state index >= 15 is 0 Å². The van der Waals surface area contributed by atoms with Gasteiger partial charge in [-0.15, -0.1) is 11.3 Å². The van der Waals surface area contributed by atoms with Crippen molar-refractivity contribution in [1.82, 2.24) is 10.3 Å². The van der Waals surface area contributed by atoms with Crippen LogP contribution in [0.15, 0.2) is 26.3 Å². The summed E-state index contributed by atoms with van der Waals surface area (Å²) in [5.74, 6) is -6.96. The number of carbonyl (C=O) groups excluding carboxylic acids is 1. The van der Waals surface area contributed by atoms with E-state index < -0.39 is 53.5 Å². The first-order chi connectivity index (χ1) is 14.4. The Morgan fingerprint density at radius 3 is 2.65 bits per heavy atom. The first kappa shape index (κ1) is 23.6. The number of nitrogens with zero attached hydrogens (tertiary/aromatic N) is 2. The van der Waals surface area contributed by atoms with Gasteiger partial charge in [-0.25, -0.2) is 18.6 Å². The summed E-state index contributed by atoms with van der Waals surface area (Å²) in [7, 11) is -5.49. The monoisotopic (exact) mass is 550 g/mol. The molecule has 1 saturated heterocycles. The van der Waals surface area contributed by atoms with Crippen molar-refractivity contribution < 1.29 is 40.0 Å². The summed E-state index contributed by atoms with van der Waals surface area (Å²) in [6.45, 7) is 1.17. The molecule has 16 heteroatoms. The van der Waals surface area contributed by atoms with Gasteiger partial charge in [-0.05, 0) is 35.0 Å². The number of rotatable bonds is 6. The molecule has 170 valence electrons. The third-order valence-electron chi connectivity index (χ3n) is 4.02. The zero-order valence-electron chi connectivity index (χ0n) is 15.0. The molecule has 1 aromatic heterocycles. The van der Waals surface area contributed by atoms with Gasteiger partial charge in [-0.3, -0.25) is 0 Å². The van der Waals surface area contributed by atoms with Crippen LogP contribution in [0.2, 0.25) is 0 Å². The van der Waals surface area contributed by atoms with Gasteiger partial charge < -0.3 is 15.5 Å². The molecule has 0 amide bonds. The molecule has 1 aliphatic rings. The average Bonchev–Trinajstić information content (AvgIpc) is 3.36. The Morgan fingerprint density at radius 2 is 2.10 bits per heavy atom. The lowest BCUT2D eigenvalue weighted by Gasteiger charge is -2.22. The molecule has 1 aliphatic heterocycles. The van der Waals surface area contributed by atoms with Gasteiger partial charge in [0, 0.05) is 18.0 Å². The standard InChI is InChI=1S/C15H12BrF5N4O4S2/c16-11-9(24-7-1-2-22-4-7)3-8(17)13(12(11)18)31(27,28)25(10-5-30-6-23-10)29-14(26)15(19,20)21/h3,5-7,22,24H,1-2,4H2/t7-/m0/s1. The number of alkyl halides is 3. The van der Waals surface area contributed by atoms with Crippen molar-refractivity contribution in [3.63, 3.8) is 0 Å². The summed E-state index contributed by atoms with van der Waals surface area (Å²) >= 11 is 3.58. The van der Waals surface area contributed by atoms with E-state index in [1.165, 1.54) is 0 Å². The number of nitrogens with one attached hydrogen (secondary N) is 2. The molecule has 1 aromatic carbocycles. The quantitative estimate of drug-likeness (QED) is 0.323. The summed E-state index contributed by atoms with van der Waals surface area (Å²) < 4.78 is 92.2. The minimum absolute atomic E-state index is 0.102. The summed E-state index contributed by atoms with van der Waals surface area (Å²) in [4.78, 5) is 17.0. The number of hydrogen-bond donors (Lipinski definition) is 2. The van der Waals surface area contributed by atoms with Crippen LogP contribution in [0.4, 0.5) is 33.5 Å². The van der Waals surface area contributed by atoms with Crippen molar-refractivity contribution in [2.75, 3.05) is 22.9 Å². The van der Waals surface area contributed by atoms with Crippen LogP contribution >= 0.6 is 27.3 Å². The molecule has 0 bridgehead atoms. The van der Waals surface area contributed by atoms with Crippen molar-refractivity contribution in [3.05, 3.63) is 33.1 Å². The maximum atomic E-state index is 14.9. The number of anilines is 2. The molecule has 1 fully saturated rings. The number of hydrogen-bond acceptors (Lipinski definition) is 8. The van der Waals surface area contributed by atoms with Crippen LogP contribution in [0.1, 0.15) is 6.42 Å². The van der Waals surface area contributed by atoms with Gasteiger partial charge in [-0.2, -0.15) is 21.6 Å². The third kappa shape index (κ3) is 4.91. The van der Waals surface area contributed by atoms with Crippen molar-refractivity contribution in [2.24, 2.45) is 0 Å². The molecule has 2 N–H and O–H groups in total. The van der Waals surface area contributed by atoms with Crippen LogP contribution in [0.25, 0.3) is 0 Å². The molecule has 0 radical (unpaired) electrons. The lowest BCUT2D eigenvalue weighted by molar-refractivity contribution is -0.199. The van der Waals surface area contributed by atoms with E-state index in [1.807, 2.05) is 0 Å². The van der Waals surface area contributed by atoms with Crippen molar-refractivity contribution in [1.29, 1.82) is 0 Å². The zero-order chi connectivity index (χ0) is 23.0. The molecule has 0 unspecified atom stereocenters. The normalized spacial score (nSPS) is 16.9. The number of aromatic nitrogens is 1. The van der Waals surface area contributed by atoms with E-state index in [4.69, 9.17) is 0 Å². The van der Waals surface area contributed by atoms with Gasteiger partial charge in [-0.1, -0.05) is 4.47 Å². The number of sulfonamides is 1. The molecular weight excluding hydrogens is 539 g/mol. The first-order valence-electron chi connectivity index (χ1n) is 8.30. The molecule has 31 heavy (non-hydrogen) atoms. The third-order valence-corrected chi connectivity index (χ3v) is 6.95. The lowest BCUT2D eigenvalue weighted by Crippen LogP contribution is -2.39. The fourth-order valence-corrected chi connectivity index (χ4v) is 5.09. The lowest BCUT2D eigenvalue weighted by atomic mass is 10.2. The van der Waals surface area contributed by atoms with Crippen LogP contribution in [0.3, 0.4) is 0 Å². The van der Waals surface area contributed by atoms with E-state index in [1.54, 1.807) is 0 Å². The van der Waals surface area contributed by atoms with Gasteiger partial charge in [0.15, 0.2) is 16.5 Å². The van der Waals surface area contributed by atoms with Gasteiger partial charge in [0.2, 0.25) is 0 Å². The maximum absolute atomic E-state index is 14.9. The molecule has 1 atom stereocenters. The van der Waals surface area contributed by atoms with Gasteiger partial charge in [0.05, 0.1) is 15.7 Å². The van der Waals surface area contributed by atoms with E-state index in [-0.39, 0.29) is 11.7 Å². The topological polar surface area (TPSA) is 101 Å². The summed E-state index contributed by atoms with van der Waals surface area (Å²) in [5.41, 5.74) is 0.917. The van der Waals surface area contributed by atoms with Crippen LogP contribution in [-0.2, 0) is 19.7 Å². The zero-order valence-corrected chi connectivity index (χ0v) is 18.3. The minimum atomic E-state index is -5.58. The molecule has 0 spiro atoms.